The molecule has 0 aliphatic carbocycles. The molecule has 1 aromatic rings. The number of benzene rings is 1. The van der Waals surface area contributed by atoms with Gasteiger partial charge in [-0.1, -0.05) is 18.2 Å². The minimum absolute atomic E-state index is 0.560. The average Bonchev–Trinajstić information content (AvgIpc) is 2.38. The van der Waals surface area contributed by atoms with Crippen LogP contribution in [0.2, 0.25) is 0 Å². The van der Waals surface area contributed by atoms with Crippen molar-refractivity contribution in [3.63, 3.8) is 0 Å². The van der Waals surface area contributed by atoms with Crippen LogP contribution in [-0.2, 0) is 4.74 Å². The molecule has 0 bridgehead atoms. The van der Waals surface area contributed by atoms with Crippen LogP contribution in [-0.4, -0.2) is 38.8 Å². The molecule has 96 valence electrons. The molecule has 0 atom stereocenters. The third kappa shape index (κ3) is 8.02. The number of alkyl halides is 1. The Morgan fingerprint density at radius 3 is 2.59 bits per heavy atom. The zero-order valence-electron chi connectivity index (χ0n) is 10.0. The second-order valence-corrected chi connectivity index (χ2v) is 3.94. The van der Waals surface area contributed by atoms with Crippen LogP contribution in [0.5, 0.6) is 5.75 Å². The highest BCUT2D eigenvalue weighted by Crippen LogP contribution is 2.07. The summed E-state index contributed by atoms with van der Waals surface area (Å²) in [5.74, 6) is 1.49. The number of nitrogens with one attached hydrogen (secondary N) is 1. The number of rotatable bonds is 10. The van der Waals surface area contributed by atoms with Gasteiger partial charge in [-0.05, 0) is 25.1 Å². The minimum Gasteiger partial charge on any atom is -0.494 e. The fourth-order valence-electron chi connectivity index (χ4n) is 1.33. The Balaban J connectivity index is 1.85. The molecule has 0 heterocycles. The maximum atomic E-state index is 5.56. The first-order chi connectivity index (χ1) is 8.43. The van der Waals surface area contributed by atoms with E-state index in [9.17, 15) is 0 Å². The molecule has 17 heavy (non-hydrogen) atoms. The number of halogens is 1. The topological polar surface area (TPSA) is 30.5 Å². The first kappa shape index (κ1) is 14.3. The van der Waals surface area contributed by atoms with Gasteiger partial charge in [0.2, 0.25) is 0 Å². The fraction of sp³-hybridized carbons (Fsp3) is 0.538. The van der Waals surface area contributed by atoms with E-state index < -0.39 is 0 Å². The molecule has 0 amide bonds. The molecule has 0 aliphatic heterocycles. The van der Waals surface area contributed by atoms with Crippen molar-refractivity contribution in [3.05, 3.63) is 30.3 Å². The van der Waals surface area contributed by atoms with Gasteiger partial charge in [0.25, 0.3) is 0 Å². The number of hydrogen-bond donors (Lipinski definition) is 1. The monoisotopic (exact) mass is 257 g/mol. The second kappa shape index (κ2) is 10.4. The molecule has 0 radical (unpaired) electrons. The summed E-state index contributed by atoms with van der Waals surface area (Å²) in [6, 6.07) is 9.86. The highest BCUT2D eigenvalue weighted by Gasteiger charge is 1.92. The summed E-state index contributed by atoms with van der Waals surface area (Å²) < 4.78 is 10.8. The average molecular weight is 258 g/mol. The number of hydrogen-bond acceptors (Lipinski definition) is 3. The number of ether oxygens (including phenoxy) is 2. The molecule has 1 N–H and O–H groups in total. The number of para-hydroxylation sites is 1. The van der Waals surface area contributed by atoms with Crippen LogP contribution in [0.4, 0.5) is 0 Å². The fourth-order valence-corrected chi connectivity index (χ4v) is 1.44. The van der Waals surface area contributed by atoms with E-state index in [0.717, 1.165) is 31.9 Å². The summed E-state index contributed by atoms with van der Waals surface area (Å²) in [5, 5.41) is 3.28. The van der Waals surface area contributed by atoms with Gasteiger partial charge in [-0.2, -0.15) is 0 Å². The Bertz CT molecular complexity index is 269. The van der Waals surface area contributed by atoms with Gasteiger partial charge in [0.05, 0.1) is 19.8 Å². The van der Waals surface area contributed by atoms with Crippen LogP contribution < -0.4 is 10.1 Å². The van der Waals surface area contributed by atoms with Crippen LogP contribution >= 0.6 is 11.6 Å². The van der Waals surface area contributed by atoms with Gasteiger partial charge < -0.3 is 14.8 Å². The van der Waals surface area contributed by atoms with Crippen molar-refractivity contribution in [2.45, 2.75) is 6.42 Å². The minimum atomic E-state index is 0.560. The van der Waals surface area contributed by atoms with Crippen LogP contribution in [0.1, 0.15) is 6.42 Å². The molecule has 1 rings (SSSR count). The van der Waals surface area contributed by atoms with Crippen molar-refractivity contribution in [1.82, 2.24) is 5.32 Å². The molecule has 0 aliphatic rings. The van der Waals surface area contributed by atoms with Gasteiger partial charge in [-0.25, -0.2) is 0 Å². The highest BCUT2D eigenvalue weighted by molar-refractivity contribution is 6.17. The molecule has 0 aromatic heterocycles. The Labute approximate surface area is 108 Å². The van der Waals surface area contributed by atoms with E-state index in [0.29, 0.717) is 19.1 Å². The van der Waals surface area contributed by atoms with E-state index in [2.05, 4.69) is 5.32 Å². The summed E-state index contributed by atoms with van der Waals surface area (Å²) in [6.07, 6.45) is 0.990. The van der Waals surface area contributed by atoms with E-state index >= 15 is 0 Å². The van der Waals surface area contributed by atoms with Crippen molar-refractivity contribution in [1.29, 1.82) is 0 Å². The summed E-state index contributed by atoms with van der Waals surface area (Å²) in [4.78, 5) is 0. The largest absolute Gasteiger partial charge is 0.494 e. The molecule has 0 saturated carbocycles. The quantitative estimate of drug-likeness (QED) is 0.515. The molecular weight excluding hydrogens is 238 g/mol. The van der Waals surface area contributed by atoms with Crippen molar-refractivity contribution in [2.24, 2.45) is 0 Å². The summed E-state index contributed by atoms with van der Waals surface area (Å²) in [5.41, 5.74) is 0. The highest BCUT2D eigenvalue weighted by atomic mass is 35.5. The van der Waals surface area contributed by atoms with Crippen molar-refractivity contribution < 1.29 is 9.47 Å². The molecule has 0 fully saturated rings. The maximum Gasteiger partial charge on any atom is 0.119 e. The summed E-state index contributed by atoms with van der Waals surface area (Å²) >= 11 is 5.48. The maximum absolute atomic E-state index is 5.56. The van der Waals surface area contributed by atoms with E-state index in [4.69, 9.17) is 21.1 Å². The first-order valence-corrected chi connectivity index (χ1v) is 6.49. The van der Waals surface area contributed by atoms with Crippen LogP contribution in [0.3, 0.4) is 0 Å². The normalized spacial score (nSPS) is 10.4. The molecule has 0 saturated heterocycles. The Hall–Kier alpha value is -0.770. The van der Waals surface area contributed by atoms with Crippen molar-refractivity contribution in [2.75, 3.05) is 38.8 Å². The lowest BCUT2D eigenvalue weighted by molar-refractivity contribution is 0.150. The van der Waals surface area contributed by atoms with Gasteiger partial charge in [-0.15, -0.1) is 11.6 Å². The Kier molecular flexibility index (Phi) is 8.73. The zero-order chi connectivity index (χ0) is 12.2. The second-order valence-electron chi connectivity index (χ2n) is 3.57. The predicted octanol–water partition coefficient (Wildman–Crippen LogP) is 2.30. The van der Waals surface area contributed by atoms with Crippen LogP contribution in [0, 0.1) is 0 Å². The van der Waals surface area contributed by atoms with Gasteiger partial charge in [0, 0.05) is 12.4 Å². The van der Waals surface area contributed by atoms with Gasteiger partial charge in [0.15, 0.2) is 0 Å². The van der Waals surface area contributed by atoms with Crippen LogP contribution in [0.25, 0.3) is 0 Å². The lowest BCUT2D eigenvalue weighted by atomic mass is 10.3. The Morgan fingerprint density at radius 2 is 1.82 bits per heavy atom. The van der Waals surface area contributed by atoms with Crippen molar-refractivity contribution in [3.8, 4) is 5.75 Å². The van der Waals surface area contributed by atoms with Crippen LogP contribution in [0.15, 0.2) is 30.3 Å². The molecule has 0 unspecified atom stereocenters. The summed E-state index contributed by atoms with van der Waals surface area (Å²) in [7, 11) is 0. The molecule has 4 heteroatoms. The summed E-state index contributed by atoms with van der Waals surface area (Å²) in [6.45, 7) is 3.88. The molecule has 3 nitrogen and oxygen atoms in total. The SMILES string of the molecule is ClCCOCCNCCCOc1ccccc1. The van der Waals surface area contributed by atoms with E-state index in [1.807, 2.05) is 30.3 Å². The lowest BCUT2D eigenvalue weighted by Gasteiger charge is -2.07. The van der Waals surface area contributed by atoms with E-state index in [-0.39, 0.29) is 0 Å². The Morgan fingerprint density at radius 1 is 1.00 bits per heavy atom. The molecule has 1 aromatic carbocycles. The van der Waals surface area contributed by atoms with Crippen molar-refractivity contribution >= 4 is 11.6 Å². The van der Waals surface area contributed by atoms with Gasteiger partial charge >= 0.3 is 0 Å². The smallest absolute Gasteiger partial charge is 0.119 e. The van der Waals surface area contributed by atoms with E-state index in [1.165, 1.54) is 0 Å². The zero-order valence-corrected chi connectivity index (χ0v) is 10.8. The molecule has 0 spiro atoms. The lowest BCUT2D eigenvalue weighted by Crippen LogP contribution is -2.22. The van der Waals surface area contributed by atoms with Gasteiger partial charge in [0.1, 0.15) is 5.75 Å². The van der Waals surface area contributed by atoms with Gasteiger partial charge in [-0.3, -0.25) is 0 Å². The molecular formula is C13H20ClNO2. The predicted molar refractivity (Wildman–Crippen MR) is 71.0 cm³/mol. The first-order valence-electron chi connectivity index (χ1n) is 5.96. The third-order valence-corrected chi connectivity index (χ3v) is 2.31. The third-order valence-electron chi connectivity index (χ3n) is 2.15. The standard InChI is InChI=1S/C13H20ClNO2/c14-7-11-16-12-9-15-8-4-10-17-13-5-2-1-3-6-13/h1-3,5-6,15H,4,7-12H2. The van der Waals surface area contributed by atoms with E-state index in [1.54, 1.807) is 0 Å².